The Labute approximate surface area is 147 Å². The van der Waals surface area contributed by atoms with Gasteiger partial charge in [-0.15, -0.1) is 0 Å². The minimum Gasteiger partial charge on any atom is -0.479 e. The van der Waals surface area contributed by atoms with E-state index in [1.54, 1.807) is 42.5 Å². The van der Waals surface area contributed by atoms with Gasteiger partial charge in [0.25, 0.3) is 0 Å². The molecule has 0 saturated carbocycles. The molecular formula is C18H14ClFN2O3. The van der Waals surface area contributed by atoms with E-state index in [1.165, 1.54) is 13.0 Å². The summed E-state index contributed by atoms with van der Waals surface area (Å²) in [5, 5.41) is 9.19. The lowest BCUT2D eigenvalue weighted by molar-refractivity contribution is -0.144. The molecule has 1 aromatic heterocycles. The number of ether oxygens (including phenoxy) is 1. The minimum absolute atomic E-state index is 0.219. The van der Waals surface area contributed by atoms with Gasteiger partial charge in [-0.1, -0.05) is 29.8 Å². The van der Waals surface area contributed by atoms with E-state index in [0.717, 1.165) is 0 Å². The monoisotopic (exact) mass is 360 g/mol. The average molecular weight is 361 g/mol. The first-order chi connectivity index (χ1) is 11.9. The Kier molecular flexibility index (Phi) is 4.72. The molecule has 0 radical (unpaired) electrons. The maximum absolute atomic E-state index is 13.7. The van der Waals surface area contributed by atoms with Crippen molar-refractivity contribution in [3.63, 3.8) is 0 Å². The van der Waals surface area contributed by atoms with Crippen molar-refractivity contribution in [2.45, 2.75) is 13.0 Å². The van der Waals surface area contributed by atoms with Crippen LogP contribution >= 0.6 is 11.6 Å². The first-order valence-electron chi connectivity index (χ1n) is 7.45. The minimum atomic E-state index is -1.05. The number of aromatic nitrogens is 2. The first kappa shape index (κ1) is 17.0. The van der Waals surface area contributed by atoms with E-state index >= 15 is 0 Å². The number of imidazole rings is 1. The Bertz CT molecular complexity index is 968. The third-order valence-corrected chi connectivity index (χ3v) is 3.79. The van der Waals surface area contributed by atoms with Gasteiger partial charge in [0.2, 0.25) is 0 Å². The zero-order valence-electron chi connectivity index (χ0n) is 13.2. The lowest BCUT2D eigenvalue weighted by atomic mass is 10.2. The summed E-state index contributed by atoms with van der Waals surface area (Å²) in [5.74, 6) is -0.735. The van der Waals surface area contributed by atoms with Crippen molar-refractivity contribution in [2.24, 2.45) is 0 Å². The Morgan fingerprint density at radius 2 is 2.12 bits per heavy atom. The lowest BCUT2D eigenvalue weighted by Gasteiger charge is -2.10. The number of hydrogen-bond donors (Lipinski definition) is 2. The largest absolute Gasteiger partial charge is 0.479 e. The van der Waals surface area contributed by atoms with Gasteiger partial charge in [-0.05, 0) is 42.8 Å². The normalized spacial score (nSPS) is 13.0. The molecule has 0 aliphatic carbocycles. The highest BCUT2D eigenvalue weighted by molar-refractivity contribution is 6.50. The van der Waals surface area contributed by atoms with Gasteiger partial charge in [0.15, 0.2) is 11.9 Å². The third-order valence-electron chi connectivity index (χ3n) is 3.50. The van der Waals surface area contributed by atoms with Gasteiger partial charge in [0, 0.05) is 0 Å². The molecule has 5 nitrogen and oxygen atoms in total. The first-order valence-corrected chi connectivity index (χ1v) is 7.83. The summed E-state index contributed by atoms with van der Waals surface area (Å²) < 4.78 is 19.0. The highest BCUT2D eigenvalue weighted by Gasteiger charge is 2.13. The predicted molar refractivity (Wildman–Crippen MR) is 93.9 cm³/mol. The van der Waals surface area contributed by atoms with Crippen molar-refractivity contribution in [2.75, 3.05) is 0 Å². The molecular weight excluding hydrogens is 347 g/mol. The molecule has 1 unspecified atom stereocenters. The fourth-order valence-corrected chi connectivity index (χ4v) is 2.47. The summed E-state index contributed by atoms with van der Waals surface area (Å²) in [6.07, 6.45) is 0.670. The van der Waals surface area contributed by atoms with Crippen LogP contribution in [0.3, 0.4) is 0 Å². The highest BCUT2D eigenvalue weighted by Crippen LogP contribution is 2.25. The molecule has 0 bridgehead atoms. The highest BCUT2D eigenvalue weighted by atomic mass is 35.5. The number of aromatic amines is 1. The lowest BCUT2D eigenvalue weighted by Crippen LogP contribution is -2.22. The molecule has 0 amide bonds. The number of carbonyl (C=O) groups is 1. The molecule has 3 rings (SSSR count). The fourth-order valence-electron chi connectivity index (χ4n) is 2.26. The second-order valence-electron chi connectivity index (χ2n) is 5.38. The molecule has 0 fully saturated rings. The zero-order valence-corrected chi connectivity index (χ0v) is 13.9. The van der Waals surface area contributed by atoms with E-state index in [4.69, 9.17) is 21.4 Å². The van der Waals surface area contributed by atoms with Crippen LogP contribution in [0.2, 0.25) is 0 Å². The van der Waals surface area contributed by atoms with Crippen molar-refractivity contribution in [3.8, 4) is 5.75 Å². The average Bonchev–Trinajstić information content (AvgIpc) is 3.01. The van der Waals surface area contributed by atoms with Crippen molar-refractivity contribution >= 4 is 39.7 Å². The van der Waals surface area contributed by atoms with Crippen LogP contribution in [0.25, 0.3) is 22.1 Å². The van der Waals surface area contributed by atoms with Gasteiger partial charge in [-0.25, -0.2) is 14.2 Å². The molecule has 0 aliphatic rings. The number of hydrogen-bond acceptors (Lipinski definition) is 3. The molecule has 1 atom stereocenters. The van der Waals surface area contributed by atoms with Crippen LogP contribution in [-0.4, -0.2) is 27.1 Å². The Hall–Kier alpha value is -2.86. The van der Waals surface area contributed by atoms with Crippen molar-refractivity contribution in [1.82, 2.24) is 9.97 Å². The molecule has 1 heterocycles. The Morgan fingerprint density at radius 1 is 1.36 bits per heavy atom. The number of benzene rings is 2. The van der Waals surface area contributed by atoms with Gasteiger partial charge < -0.3 is 14.8 Å². The van der Waals surface area contributed by atoms with Crippen LogP contribution in [0, 0.1) is 5.82 Å². The number of fused-ring (bicyclic) bond motifs is 1. The number of para-hydroxylation sites is 1. The van der Waals surface area contributed by atoms with Gasteiger partial charge in [-0.3, -0.25) is 0 Å². The SMILES string of the molecule is CC(Oc1cccc(C=C(Cl)c2nc3c(F)cccc3[nH]2)c1)C(=O)O. The number of nitrogens with zero attached hydrogens (tertiary/aromatic N) is 1. The molecule has 25 heavy (non-hydrogen) atoms. The van der Waals surface area contributed by atoms with Crippen LogP contribution in [-0.2, 0) is 4.79 Å². The van der Waals surface area contributed by atoms with Crippen molar-refractivity contribution in [3.05, 3.63) is 59.7 Å². The predicted octanol–water partition coefficient (Wildman–Crippen LogP) is 4.29. The number of nitrogens with one attached hydrogen (secondary N) is 1. The summed E-state index contributed by atoms with van der Waals surface area (Å²) in [6, 6.07) is 11.4. The van der Waals surface area contributed by atoms with E-state index in [1.807, 2.05) is 0 Å². The molecule has 7 heteroatoms. The van der Waals surface area contributed by atoms with Crippen LogP contribution in [0.5, 0.6) is 5.75 Å². The van der Waals surface area contributed by atoms with Gasteiger partial charge in [0.1, 0.15) is 17.1 Å². The maximum atomic E-state index is 13.7. The fraction of sp³-hybridized carbons (Fsp3) is 0.111. The van der Waals surface area contributed by atoms with Crippen LogP contribution in [0.15, 0.2) is 42.5 Å². The quantitative estimate of drug-likeness (QED) is 0.711. The van der Waals surface area contributed by atoms with Crippen LogP contribution in [0.1, 0.15) is 18.3 Å². The molecule has 0 spiro atoms. The molecule has 2 N–H and O–H groups in total. The smallest absolute Gasteiger partial charge is 0.344 e. The van der Waals surface area contributed by atoms with E-state index in [2.05, 4.69) is 9.97 Å². The molecule has 128 valence electrons. The van der Waals surface area contributed by atoms with E-state index in [9.17, 15) is 9.18 Å². The van der Waals surface area contributed by atoms with E-state index in [0.29, 0.717) is 27.7 Å². The Morgan fingerprint density at radius 3 is 2.84 bits per heavy atom. The topological polar surface area (TPSA) is 75.2 Å². The third kappa shape index (κ3) is 3.80. The number of halogens is 2. The van der Waals surface area contributed by atoms with E-state index in [-0.39, 0.29) is 5.52 Å². The molecule has 0 aliphatic heterocycles. The van der Waals surface area contributed by atoms with Gasteiger partial charge in [0.05, 0.1) is 10.5 Å². The summed E-state index contributed by atoms with van der Waals surface area (Å²) in [5.41, 5.74) is 1.46. The van der Waals surface area contributed by atoms with Crippen LogP contribution in [0.4, 0.5) is 4.39 Å². The standard InChI is InChI=1S/C18H14ClFN2O3/c1-10(18(23)24)25-12-5-2-4-11(8-12)9-13(19)17-21-15-7-3-6-14(20)16(15)22-17/h2-10H,1H3,(H,21,22)(H,23,24). The summed E-state index contributed by atoms with van der Waals surface area (Å²) >= 11 is 6.28. The molecule has 3 aromatic rings. The number of aliphatic carboxylic acids is 1. The van der Waals surface area contributed by atoms with Crippen LogP contribution < -0.4 is 4.74 Å². The maximum Gasteiger partial charge on any atom is 0.344 e. The number of carboxylic acids is 1. The molecule has 2 aromatic carbocycles. The second kappa shape index (κ2) is 6.94. The van der Waals surface area contributed by atoms with Gasteiger partial charge in [-0.2, -0.15) is 0 Å². The summed E-state index contributed by atoms with van der Waals surface area (Å²) in [7, 11) is 0. The second-order valence-corrected chi connectivity index (χ2v) is 5.79. The number of carboxylic acid groups (broad SMARTS) is 1. The number of rotatable bonds is 5. The van der Waals surface area contributed by atoms with E-state index < -0.39 is 17.9 Å². The van der Waals surface area contributed by atoms with Gasteiger partial charge >= 0.3 is 5.97 Å². The number of H-pyrrole nitrogens is 1. The van der Waals surface area contributed by atoms with Crippen molar-refractivity contribution in [1.29, 1.82) is 0 Å². The van der Waals surface area contributed by atoms with Crippen molar-refractivity contribution < 1.29 is 19.0 Å². The summed E-state index contributed by atoms with van der Waals surface area (Å²) in [6.45, 7) is 1.45. The summed E-state index contributed by atoms with van der Waals surface area (Å²) in [4.78, 5) is 18.0. The zero-order chi connectivity index (χ0) is 18.0. The molecule has 0 saturated heterocycles. The Balaban J connectivity index is 1.88.